The van der Waals surface area contributed by atoms with Crippen LogP contribution in [0.5, 0.6) is 5.75 Å². The number of hydrogen-bond acceptors (Lipinski definition) is 7. The number of rotatable bonds is 8. The minimum Gasteiger partial charge on any atom is -0.484 e. The third-order valence-electron chi connectivity index (χ3n) is 1.80. The Morgan fingerprint density at radius 2 is 2.28 bits per heavy atom. The predicted octanol–water partition coefficient (Wildman–Crippen LogP) is 0.426. The second-order valence-electron chi connectivity index (χ2n) is 3.84. The van der Waals surface area contributed by atoms with Gasteiger partial charge in [-0.1, -0.05) is 0 Å². The minimum absolute atomic E-state index is 0.0235. The highest BCUT2D eigenvalue weighted by Gasteiger charge is 2.13. The molecule has 0 aliphatic heterocycles. The van der Waals surface area contributed by atoms with Crippen LogP contribution in [0.1, 0.15) is 13.8 Å². The molecule has 1 aromatic rings. The topological polar surface area (TPSA) is 112 Å². The molecule has 0 aliphatic carbocycles. The highest BCUT2D eigenvalue weighted by molar-refractivity contribution is 7.11. The van der Waals surface area contributed by atoms with E-state index in [-0.39, 0.29) is 12.7 Å². The van der Waals surface area contributed by atoms with Gasteiger partial charge in [-0.3, -0.25) is 4.79 Å². The van der Waals surface area contributed by atoms with E-state index in [1.165, 1.54) is 11.5 Å². The average molecular weight is 274 g/mol. The minimum atomic E-state index is -0.485. The molecule has 1 amide bonds. The molecule has 18 heavy (non-hydrogen) atoms. The fourth-order valence-electron chi connectivity index (χ4n) is 1.17. The van der Waals surface area contributed by atoms with Crippen molar-refractivity contribution in [1.29, 1.82) is 0 Å². The number of nitrogens with one attached hydrogen (secondary N) is 1. The predicted molar refractivity (Wildman–Crippen MR) is 70.8 cm³/mol. The van der Waals surface area contributed by atoms with E-state index in [2.05, 4.69) is 9.69 Å². The van der Waals surface area contributed by atoms with E-state index in [0.29, 0.717) is 24.7 Å². The lowest BCUT2D eigenvalue weighted by Crippen LogP contribution is -2.20. The lowest BCUT2D eigenvalue weighted by atomic mass is 10.4. The normalized spacial score (nSPS) is 10.6. The van der Waals surface area contributed by atoms with Crippen molar-refractivity contribution in [2.75, 3.05) is 30.8 Å². The Morgan fingerprint density at radius 1 is 1.56 bits per heavy atom. The van der Waals surface area contributed by atoms with Crippen LogP contribution in [0.3, 0.4) is 0 Å². The van der Waals surface area contributed by atoms with Crippen molar-refractivity contribution in [3.8, 4) is 5.75 Å². The van der Waals surface area contributed by atoms with Gasteiger partial charge in [0.2, 0.25) is 5.91 Å². The van der Waals surface area contributed by atoms with E-state index in [1.807, 2.05) is 13.8 Å². The SMILES string of the molecule is CC(C)Oc1c(N)nsc1NCCOCC(N)=O. The van der Waals surface area contributed by atoms with Crippen LogP contribution in [0.2, 0.25) is 0 Å². The smallest absolute Gasteiger partial charge is 0.243 e. The number of carbonyl (C=O) groups is 1. The molecule has 0 aromatic carbocycles. The van der Waals surface area contributed by atoms with Crippen molar-refractivity contribution in [2.45, 2.75) is 20.0 Å². The Morgan fingerprint density at radius 3 is 2.89 bits per heavy atom. The number of primary amides is 1. The van der Waals surface area contributed by atoms with E-state index in [9.17, 15) is 4.79 Å². The number of hydrogen-bond donors (Lipinski definition) is 3. The van der Waals surface area contributed by atoms with Gasteiger partial charge in [0.15, 0.2) is 16.6 Å². The maximum absolute atomic E-state index is 10.4. The van der Waals surface area contributed by atoms with Gasteiger partial charge < -0.3 is 26.3 Å². The van der Waals surface area contributed by atoms with Crippen LogP contribution in [0, 0.1) is 0 Å². The van der Waals surface area contributed by atoms with Crippen LogP contribution in [0.4, 0.5) is 10.8 Å². The fraction of sp³-hybridized carbons (Fsp3) is 0.600. The Hall–Kier alpha value is -1.54. The van der Waals surface area contributed by atoms with Gasteiger partial charge >= 0.3 is 0 Å². The lowest BCUT2D eigenvalue weighted by Gasteiger charge is -2.11. The number of ether oxygens (including phenoxy) is 2. The van der Waals surface area contributed by atoms with Crippen LogP contribution in [0.15, 0.2) is 0 Å². The quantitative estimate of drug-likeness (QED) is 0.592. The summed E-state index contributed by atoms with van der Waals surface area (Å²) in [5.74, 6) is 0.444. The molecule has 7 nitrogen and oxygen atoms in total. The molecule has 0 atom stereocenters. The van der Waals surface area contributed by atoms with Crippen LogP contribution in [0.25, 0.3) is 0 Å². The molecule has 0 spiro atoms. The first-order chi connectivity index (χ1) is 8.50. The molecule has 5 N–H and O–H groups in total. The molecule has 0 unspecified atom stereocenters. The number of aromatic nitrogens is 1. The molecule has 1 rings (SSSR count). The van der Waals surface area contributed by atoms with Gasteiger partial charge in [-0.2, -0.15) is 4.37 Å². The van der Waals surface area contributed by atoms with E-state index in [1.54, 1.807) is 0 Å². The number of nitrogen functional groups attached to an aromatic ring is 1. The Labute approximate surface area is 110 Å². The summed E-state index contributed by atoms with van der Waals surface area (Å²) in [5, 5.41) is 3.84. The first kappa shape index (κ1) is 14.5. The molecule has 1 heterocycles. The second-order valence-corrected chi connectivity index (χ2v) is 4.61. The van der Waals surface area contributed by atoms with Crippen molar-refractivity contribution < 1.29 is 14.3 Å². The highest BCUT2D eigenvalue weighted by atomic mass is 32.1. The fourth-order valence-corrected chi connectivity index (χ4v) is 1.84. The van der Waals surface area contributed by atoms with Gasteiger partial charge in [0.05, 0.1) is 12.7 Å². The maximum Gasteiger partial charge on any atom is 0.243 e. The van der Waals surface area contributed by atoms with Crippen molar-refractivity contribution in [3.63, 3.8) is 0 Å². The lowest BCUT2D eigenvalue weighted by molar-refractivity contribution is -0.122. The molecular formula is C10H18N4O3S. The molecular weight excluding hydrogens is 256 g/mol. The number of nitrogens with zero attached hydrogens (tertiary/aromatic N) is 1. The zero-order valence-corrected chi connectivity index (χ0v) is 11.3. The summed E-state index contributed by atoms with van der Waals surface area (Å²) in [7, 11) is 0. The monoisotopic (exact) mass is 274 g/mol. The van der Waals surface area contributed by atoms with E-state index >= 15 is 0 Å². The summed E-state index contributed by atoms with van der Waals surface area (Å²) in [4.78, 5) is 10.4. The molecule has 0 bridgehead atoms. The third kappa shape index (κ3) is 4.76. The van der Waals surface area contributed by atoms with Gasteiger partial charge in [-0.05, 0) is 25.4 Å². The van der Waals surface area contributed by atoms with Crippen LogP contribution in [-0.2, 0) is 9.53 Å². The summed E-state index contributed by atoms with van der Waals surface area (Å²) in [6.07, 6.45) is 0.0235. The van der Waals surface area contributed by atoms with Crippen LogP contribution < -0.4 is 21.5 Å². The Kier molecular flexibility index (Phi) is 5.66. The standard InChI is InChI=1S/C10H18N4O3S/c1-6(2)17-8-9(12)14-18-10(8)13-3-4-16-5-7(11)15/h6,13H,3-5H2,1-2H3,(H2,11,15)(H2,12,14). The molecule has 0 saturated carbocycles. The van der Waals surface area contributed by atoms with Gasteiger partial charge in [0.1, 0.15) is 6.61 Å². The second kappa shape index (κ2) is 7.02. The van der Waals surface area contributed by atoms with Crippen molar-refractivity contribution >= 4 is 28.3 Å². The van der Waals surface area contributed by atoms with E-state index in [4.69, 9.17) is 20.9 Å². The van der Waals surface area contributed by atoms with Crippen molar-refractivity contribution in [2.24, 2.45) is 5.73 Å². The largest absolute Gasteiger partial charge is 0.484 e. The van der Waals surface area contributed by atoms with Gasteiger partial charge in [0.25, 0.3) is 0 Å². The zero-order valence-electron chi connectivity index (χ0n) is 10.4. The third-order valence-corrected chi connectivity index (χ3v) is 2.60. The number of carbonyl (C=O) groups excluding carboxylic acids is 1. The molecule has 1 aromatic heterocycles. The average Bonchev–Trinajstić information content (AvgIpc) is 2.60. The summed E-state index contributed by atoms with van der Waals surface area (Å²) in [6.45, 7) is 4.63. The van der Waals surface area contributed by atoms with E-state index in [0.717, 1.165) is 5.00 Å². The summed E-state index contributed by atoms with van der Waals surface area (Å²) < 4.78 is 14.6. The van der Waals surface area contributed by atoms with Crippen molar-refractivity contribution in [1.82, 2.24) is 4.37 Å². The van der Waals surface area contributed by atoms with E-state index < -0.39 is 5.91 Å². The highest BCUT2D eigenvalue weighted by Crippen LogP contribution is 2.35. The van der Waals surface area contributed by atoms with Gasteiger partial charge in [-0.25, -0.2) is 0 Å². The molecule has 0 fully saturated rings. The Bertz CT molecular complexity index is 394. The first-order valence-corrected chi connectivity index (χ1v) is 6.29. The van der Waals surface area contributed by atoms with Gasteiger partial charge in [0, 0.05) is 6.54 Å². The molecule has 0 saturated heterocycles. The Balaban J connectivity index is 2.40. The molecule has 0 radical (unpaired) electrons. The molecule has 102 valence electrons. The number of nitrogens with two attached hydrogens (primary N) is 2. The molecule has 0 aliphatic rings. The van der Waals surface area contributed by atoms with Crippen molar-refractivity contribution in [3.05, 3.63) is 0 Å². The maximum atomic E-state index is 10.4. The first-order valence-electron chi connectivity index (χ1n) is 5.52. The summed E-state index contributed by atoms with van der Waals surface area (Å²) >= 11 is 1.22. The zero-order chi connectivity index (χ0) is 13.5. The summed E-state index contributed by atoms with van der Waals surface area (Å²) in [5.41, 5.74) is 10.6. The number of amides is 1. The number of anilines is 2. The van der Waals surface area contributed by atoms with Crippen LogP contribution in [-0.4, -0.2) is 36.1 Å². The van der Waals surface area contributed by atoms with Gasteiger partial charge in [-0.15, -0.1) is 0 Å². The van der Waals surface area contributed by atoms with Crippen LogP contribution >= 0.6 is 11.5 Å². The molecule has 8 heteroatoms. The summed E-state index contributed by atoms with van der Waals surface area (Å²) in [6, 6.07) is 0.